The predicted octanol–water partition coefficient (Wildman–Crippen LogP) is 1.29. The number of nitrogens with one attached hydrogen (secondary N) is 1. The van der Waals surface area contributed by atoms with E-state index >= 15 is 0 Å². The molecule has 5 nitrogen and oxygen atoms in total. The number of aliphatic hydroxyl groups is 2. The van der Waals surface area contributed by atoms with Gasteiger partial charge >= 0.3 is 0 Å². The Kier molecular flexibility index (Phi) is 3.46. The van der Waals surface area contributed by atoms with Crippen LogP contribution in [0.4, 0.5) is 0 Å². The Morgan fingerprint density at radius 1 is 1.35 bits per heavy atom. The largest absolute Gasteiger partial charge is 0.451 e. The van der Waals surface area contributed by atoms with Crippen LogP contribution < -0.4 is 5.32 Å². The molecule has 1 aromatic heterocycles. The summed E-state index contributed by atoms with van der Waals surface area (Å²) < 4.78 is 5.50. The highest BCUT2D eigenvalue weighted by molar-refractivity contribution is 5.96. The van der Waals surface area contributed by atoms with Crippen molar-refractivity contribution in [3.05, 3.63) is 36.1 Å². The summed E-state index contributed by atoms with van der Waals surface area (Å²) in [7, 11) is 0. The van der Waals surface area contributed by atoms with Crippen molar-refractivity contribution in [3.63, 3.8) is 0 Å². The van der Waals surface area contributed by atoms with Crippen molar-refractivity contribution in [2.24, 2.45) is 5.92 Å². The molecule has 0 aliphatic heterocycles. The van der Waals surface area contributed by atoms with E-state index in [2.05, 4.69) is 5.32 Å². The van der Waals surface area contributed by atoms with E-state index in [4.69, 9.17) is 9.52 Å². The molecule has 0 spiro atoms. The van der Waals surface area contributed by atoms with Crippen LogP contribution in [0.2, 0.25) is 0 Å². The maximum absolute atomic E-state index is 12.1. The van der Waals surface area contributed by atoms with Crippen LogP contribution in [-0.2, 0) is 0 Å². The molecule has 3 atom stereocenters. The van der Waals surface area contributed by atoms with Crippen molar-refractivity contribution >= 4 is 16.9 Å². The van der Waals surface area contributed by atoms with Gasteiger partial charge in [-0.2, -0.15) is 0 Å². The summed E-state index contributed by atoms with van der Waals surface area (Å²) >= 11 is 0. The van der Waals surface area contributed by atoms with Gasteiger partial charge in [-0.25, -0.2) is 0 Å². The number of hydrogen-bond donors (Lipinski definition) is 3. The van der Waals surface area contributed by atoms with E-state index in [0.717, 1.165) is 5.39 Å². The highest BCUT2D eigenvalue weighted by Gasteiger charge is 2.33. The van der Waals surface area contributed by atoms with Crippen molar-refractivity contribution in [3.8, 4) is 0 Å². The smallest absolute Gasteiger partial charge is 0.287 e. The first-order valence-electron chi connectivity index (χ1n) is 6.75. The van der Waals surface area contributed by atoms with Crippen LogP contribution in [0.25, 0.3) is 11.0 Å². The fraction of sp³-hybridized carbons (Fsp3) is 0.400. The maximum Gasteiger partial charge on any atom is 0.287 e. The van der Waals surface area contributed by atoms with Gasteiger partial charge in [-0.3, -0.25) is 4.79 Å². The first kappa shape index (κ1) is 13.1. The van der Waals surface area contributed by atoms with Crippen molar-refractivity contribution in [1.82, 2.24) is 5.32 Å². The molecule has 1 fully saturated rings. The van der Waals surface area contributed by atoms with E-state index in [-0.39, 0.29) is 30.2 Å². The molecule has 5 heteroatoms. The molecule has 1 aliphatic carbocycles. The molecule has 3 rings (SSSR count). The van der Waals surface area contributed by atoms with Crippen molar-refractivity contribution in [2.45, 2.75) is 25.0 Å². The highest BCUT2D eigenvalue weighted by atomic mass is 16.3. The number of fused-ring (bicyclic) bond motifs is 1. The van der Waals surface area contributed by atoms with Crippen LogP contribution in [0.1, 0.15) is 23.4 Å². The average Bonchev–Trinajstić information content (AvgIpc) is 3.01. The number of aliphatic hydroxyl groups excluding tert-OH is 2. The Morgan fingerprint density at radius 2 is 2.15 bits per heavy atom. The summed E-state index contributed by atoms with van der Waals surface area (Å²) in [6.45, 7) is -0.0574. The van der Waals surface area contributed by atoms with Gasteiger partial charge in [-0.1, -0.05) is 18.2 Å². The fourth-order valence-corrected chi connectivity index (χ4v) is 2.77. The Hall–Kier alpha value is -1.85. The lowest BCUT2D eigenvalue weighted by Crippen LogP contribution is -2.33. The van der Waals surface area contributed by atoms with Crippen molar-refractivity contribution in [1.29, 1.82) is 0 Å². The standard InChI is InChI=1S/C15H17NO4/c17-8-10-5-11(7-12(10)18)16-15(19)14-6-9-3-1-2-4-13(9)20-14/h1-4,6,10-12,17-18H,5,7-8H2,(H,16,19). The molecule has 1 amide bonds. The molecular weight excluding hydrogens is 258 g/mol. The quantitative estimate of drug-likeness (QED) is 0.788. The van der Waals surface area contributed by atoms with Gasteiger partial charge in [0.2, 0.25) is 0 Å². The van der Waals surface area contributed by atoms with Crippen LogP contribution in [0, 0.1) is 5.92 Å². The Morgan fingerprint density at radius 3 is 2.85 bits per heavy atom. The number of amides is 1. The van der Waals surface area contributed by atoms with Gasteiger partial charge in [0.05, 0.1) is 6.10 Å². The Balaban J connectivity index is 1.70. The monoisotopic (exact) mass is 275 g/mol. The zero-order valence-corrected chi connectivity index (χ0v) is 11.0. The van der Waals surface area contributed by atoms with Crippen LogP contribution in [-0.4, -0.2) is 34.9 Å². The molecule has 1 saturated carbocycles. The minimum atomic E-state index is -0.555. The number of hydrogen-bond acceptors (Lipinski definition) is 4. The molecular formula is C15H17NO4. The lowest BCUT2D eigenvalue weighted by molar-refractivity contribution is 0.0896. The van der Waals surface area contributed by atoms with Gasteiger partial charge in [0.15, 0.2) is 5.76 Å². The van der Waals surface area contributed by atoms with E-state index in [0.29, 0.717) is 18.4 Å². The first-order chi connectivity index (χ1) is 9.67. The number of carbonyl (C=O) groups excluding carboxylic acids is 1. The third kappa shape index (κ3) is 2.42. The molecule has 0 saturated heterocycles. The van der Waals surface area contributed by atoms with E-state index in [1.54, 1.807) is 6.07 Å². The summed E-state index contributed by atoms with van der Waals surface area (Å²) in [5.41, 5.74) is 0.678. The average molecular weight is 275 g/mol. The van der Waals surface area contributed by atoms with Gasteiger partial charge in [-0.05, 0) is 25.0 Å². The van der Waals surface area contributed by atoms with Gasteiger partial charge in [-0.15, -0.1) is 0 Å². The normalized spacial score (nSPS) is 26.0. The lowest BCUT2D eigenvalue weighted by Gasteiger charge is -2.10. The molecule has 20 heavy (non-hydrogen) atoms. The van der Waals surface area contributed by atoms with Gasteiger partial charge in [0, 0.05) is 24.0 Å². The second-order valence-corrected chi connectivity index (χ2v) is 5.30. The summed E-state index contributed by atoms with van der Waals surface area (Å²) in [6.07, 6.45) is 0.502. The highest BCUT2D eigenvalue weighted by Crippen LogP contribution is 2.26. The van der Waals surface area contributed by atoms with Crippen molar-refractivity contribution in [2.75, 3.05) is 6.61 Å². The third-order valence-corrected chi connectivity index (χ3v) is 3.88. The first-order valence-corrected chi connectivity index (χ1v) is 6.75. The fourth-order valence-electron chi connectivity index (χ4n) is 2.77. The van der Waals surface area contributed by atoms with Gasteiger partial charge < -0.3 is 19.9 Å². The molecule has 106 valence electrons. The van der Waals surface area contributed by atoms with Crippen molar-refractivity contribution < 1.29 is 19.4 Å². The molecule has 1 aliphatic rings. The van der Waals surface area contributed by atoms with Crippen LogP contribution >= 0.6 is 0 Å². The Bertz CT molecular complexity index is 588. The second kappa shape index (κ2) is 5.26. The molecule has 1 heterocycles. The number of benzene rings is 1. The summed E-state index contributed by atoms with van der Waals surface area (Å²) in [5, 5.41) is 22.6. The number of para-hydroxylation sites is 1. The van der Waals surface area contributed by atoms with Crippen LogP contribution in [0.3, 0.4) is 0 Å². The van der Waals surface area contributed by atoms with E-state index < -0.39 is 6.10 Å². The minimum Gasteiger partial charge on any atom is -0.451 e. The molecule has 3 unspecified atom stereocenters. The van der Waals surface area contributed by atoms with Gasteiger partial charge in [0.25, 0.3) is 5.91 Å². The van der Waals surface area contributed by atoms with E-state index in [1.165, 1.54) is 0 Å². The van der Waals surface area contributed by atoms with Gasteiger partial charge in [0.1, 0.15) is 5.58 Å². The van der Waals surface area contributed by atoms with Crippen LogP contribution in [0.15, 0.2) is 34.7 Å². The molecule has 3 N–H and O–H groups in total. The Labute approximate surface area is 116 Å². The number of furan rings is 1. The molecule has 0 bridgehead atoms. The summed E-state index contributed by atoms with van der Waals surface area (Å²) in [5.74, 6) is -0.166. The van der Waals surface area contributed by atoms with E-state index in [9.17, 15) is 9.90 Å². The van der Waals surface area contributed by atoms with E-state index in [1.807, 2.05) is 24.3 Å². The number of carbonyl (C=O) groups is 1. The molecule has 0 radical (unpaired) electrons. The zero-order valence-electron chi connectivity index (χ0n) is 11.0. The third-order valence-electron chi connectivity index (χ3n) is 3.88. The van der Waals surface area contributed by atoms with Crippen LogP contribution in [0.5, 0.6) is 0 Å². The lowest BCUT2D eigenvalue weighted by atomic mass is 10.1. The summed E-state index contributed by atoms with van der Waals surface area (Å²) in [4.78, 5) is 12.1. The second-order valence-electron chi connectivity index (χ2n) is 5.30. The molecule has 2 aromatic rings. The molecule has 1 aromatic carbocycles. The summed E-state index contributed by atoms with van der Waals surface area (Å²) in [6, 6.07) is 9.03. The SMILES string of the molecule is O=C(NC1CC(O)C(CO)C1)c1cc2ccccc2o1. The minimum absolute atomic E-state index is 0.0574. The zero-order chi connectivity index (χ0) is 14.1. The topological polar surface area (TPSA) is 82.7 Å². The maximum atomic E-state index is 12.1. The number of rotatable bonds is 3. The predicted molar refractivity (Wildman–Crippen MR) is 73.3 cm³/mol.